The van der Waals surface area contributed by atoms with Gasteiger partial charge in [-0.15, -0.1) is 0 Å². The molecule has 1 aromatic heterocycles. The van der Waals surface area contributed by atoms with Gasteiger partial charge in [-0.1, -0.05) is 35.7 Å². The predicted octanol–water partition coefficient (Wildman–Crippen LogP) is 3.90. The summed E-state index contributed by atoms with van der Waals surface area (Å²) < 4.78 is 11.0. The Morgan fingerprint density at radius 3 is 2.85 bits per heavy atom. The highest BCUT2D eigenvalue weighted by Crippen LogP contribution is 2.19. The molecule has 2 rings (SSSR count). The van der Waals surface area contributed by atoms with E-state index in [2.05, 4.69) is 22.9 Å². The maximum atomic E-state index is 11.9. The zero-order valence-electron chi connectivity index (χ0n) is 11.1. The van der Waals surface area contributed by atoms with Crippen molar-refractivity contribution in [3.05, 3.63) is 44.7 Å². The highest BCUT2D eigenvalue weighted by atomic mass is 79.9. The number of unbranched alkanes of at least 4 members (excludes halogenated alkanes) is 2. The molecule has 0 bridgehead atoms. The fourth-order valence-electron chi connectivity index (χ4n) is 1.83. The molecule has 0 fully saturated rings. The lowest BCUT2D eigenvalue weighted by Crippen LogP contribution is -2.16. The molecule has 0 unspecified atom stereocenters. The van der Waals surface area contributed by atoms with Gasteiger partial charge >= 0.3 is 11.6 Å². The number of carbonyl (C=O) groups is 1. The second kappa shape index (κ2) is 6.70. The molecule has 0 amide bonds. The molecule has 106 valence electrons. The third-order valence-corrected chi connectivity index (χ3v) is 3.39. The minimum atomic E-state index is -0.666. The number of fused-ring (bicyclic) bond motifs is 1. The van der Waals surface area contributed by atoms with Crippen LogP contribution in [0.3, 0.4) is 0 Å². The largest absolute Gasteiger partial charge is 0.462 e. The lowest BCUT2D eigenvalue weighted by Gasteiger charge is -2.04. The first kappa shape index (κ1) is 14.8. The van der Waals surface area contributed by atoms with Gasteiger partial charge in [-0.3, -0.25) is 0 Å². The summed E-state index contributed by atoms with van der Waals surface area (Å²) in [7, 11) is 0. The van der Waals surface area contributed by atoms with Gasteiger partial charge in [0.05, 0.1) is 6.61 Å². The third-order valence-electron chi connectivity index (χ3n) is 2.90. The van der Waals surface area contributed by atoms with E-state index in [0.717, 1.165) is 23.7 Å². The molecule has 0 saturated heterocycles. The van der Waals surface area contributed by atoms with Gasteiger partial charge in [0.25, 0.3) is 0 Å². The summed E-state index contributed by atoms with van der Waals surface area (Å²) in [5.41, 5.74) is -0.284. The van der Waals surface area contributed by atoms with Gasteiger partial charge in [0.2, 0.25) is 0 Å². The summed E-state index contributed by atoms with van der Waals surface area (Å²) in [4.78, 5) is 23.6. The van der Waals surface area contributed by atoms with E-state index in [9.17, 15) is 9.59 Å². The van der Waals surface area contributed by atoms with Crippen molar-refractivity contribution < 1.29 is 13.9 Å². The summed E-state index contributed by atoms with van der Waals surface area (Å²) in [6.07, 6.45) is 2.84. The molecule has 0 radical (unpaired) electrons. The molecular formula is C15H15BrO4. The third kappa shape index (κ3) is 3.48. The summed E-state index contributed by atoms with van der Waals surface area (Å²) >= 11 is 3.34. The first-order valence-electron chi connectivity index (χ1n) is 6.52. The van der Waals surface area contributed by atoms with Crippen molar-refractivity contribution in [3.8, 4) is 0 Å². The van der Waals surface area contributed by atoms with Crippen LogP contribution in [0.15, 0.2) is 37.9 Å². The van der Waals surface area contributed by atoms with Crippen molar-refractivity contribution in [2.75, 3.05) is 6.61 Å². The fourth-order valence-corrected chi connectivity index (χ4v) is 2.21. The number of rotatable bonds is 5. The Bertz CT molecular complexity index is 675. The van der Waals surface area contributed by atoms with Crippen molar-refractivity contribution in [2.24, 2.45) is 0 Å². The quantitative estimate of drug-likeness (QED) is 0.471. The lowest BCUT2D eigenvalue weighted by molar-refractivity contribution is 0.0493. The predicted molar refractivity (Wildman–Crippen MR) is 80.0 cm³/mol. The number of hydrogen-bond acceptors (Lipinski definition) is 4. The van der Waals surface area contributed by atoms with Gasteiger partial charge < -0.3 is 9.15 Å². The Morgan fingerprint density at radius 1 is 1.30 bits per heavy atom. The molecule has 0 N–H and O–H groups in total. The van der Waals surface area contributed by atoms with E-state index in [4.69, 9.17) is 9.15 Å². The highest BCUT2D eigenvalue weighted by Gasteiger charge is 2.15. The number of halogens is 1. The average molecular weight is 339 g/mol. The van der Waals surface area contributed by atoms with Gasteiger partial charge in [-0.05, 0) is 30.7 Å². The molecule has 2 aromatic rings. The summed E-state index contributed by atoms with van der Waals surface area (Å²) in [6, 6.07) is 6.74. The Labute approximate surface area is 124 Å². The van der Waals surface area contributed by atoms with Gasteiger partial charge in [-0.25, -0.2) is 9.59 Å². The van der Waals surface area contributed by atoms with E-state index in [0.29, 0.717) is 17.6 Å². The number of ether oxygens (including phenoxy) is 1. The Kier molecular flexibility index (Phi) is 4.95. The van der Waals surface area contributed by atoms with Crippen molar-refractivity contribution in [2.45, 2.75) is 26.2 Å². The van der Waals surface area contributed by atoms with Crippen LogP contribution in [0, 0.1) is 0 Å². The molecule has 4 nitrogen and oxygen atoms in total. The summed E-state index contributed by atoms with van der Waals surface area (Å²) in [5, 5.41) is 0.680. The zero-order valence-corrected chi connectivity index (χ0v) is 12.7. The molecule has 5 heteroatoms. The number of benzene rings is 1. The van der Waals surface area contributed by atoms with Crippen molar-refractivity contribution >= 4 is 32.9 Å². The van der Waals surface area contributed by atoms with Crippen LogP contribution in [0.2, 0.25) is 0 Å². The smallest absolute Gasteiger partial charge is 0.351 e. The minimum absolute atomic E-state index is 0.0629. The average Bonchev–Trinajstić information content (AvgIpc) is 2.43. The fraction of sp³-hybridized carbons (Fsp3) is 0.333. The monoisotopic (exact) mass is 338 g/mol. The Hall–Kier alpha value is -1.62. The molecule has 0 aliphatic heterocycles. The second-order valence-electron chi connectivity index (χ2n) is 4.47. The normalized spacial score (nSPS) is 10.7. The van der Waals surface area contributed by atoms with E-state index in [-0.39, 0.29) is 5.56 Å². The molecule has 0 saturated carbocycles. The number of carbonyl (C=O) groups excluding carboxylic acids is 1. The lowest BCUT2D eigenvalue weighted by atomic mass is 10.2. The topological polar surface area (TPSA) is 56.5 Å². The number of esters is 1. The van der Waals surface area contributed by atoms with Gasteiger partial charge in [-0.2, -0.15) is 0 Å². The van der Waals surface area contributed by atoms with Crippen molar-refractivity contribution in [1.82, 2.24) is 0 Å². The van der Waals surface area contributed by atoms with E-state index in [1.165, 1.54) is 6.07 Å². The molecule has 0 atom stereocenters. The maximum absolute atomic E-state index is 11.9. The SMILES string of the molecule is CCCCCOC(=O)c1cc2cc(Br)ccc2oc1=O. The van der Waals surface area contributed by atoms with E-state index >= 15 is 0 Å². The van der Waals surface area contributed by atoms with E-state index in [1.807, 2.05) is 0 Å². The Balaban J connectivity index is 2.22. The number of hydrogen-bond donors (Lipinski definition) is 0. The van der Waals surface area contributed by atoms with Crippen LogP contribution in [0.1, 0.15) is 36.5 Å². The summed E-state index contributed by atoms with van der Waals surface area (Å²) in [6.45, 7) is 2.39. The standard InChI is InChI=1S/C15H15BrO4/c1-2-3-4-7-19-14(17)12-9-10-8-11(16)5-6-13(10)20-15(12)18/h5-6,8-9H,2-4,7H2,1H3. The molecule has 0 aliphatic rings. The van der Waals surface area contributed by atoms with E-state index in [1.54, 1.807) is 18.2 Å². The van der Waals surface area contributed by atoms with Crippen LogP contribution in [-0.2, 0) is 4.74 Å². The molecule has 0 aliphatic carbocycles. The molecule has 20 heavy (non-hydrogen) atoms. The van der Waals surface area contributed by atoms with Crippen LogP contribution in [0.5, 0.6) is 0 Å². The van der Waals surface area contributed by atoms with Crippen molar-refractivity contribution in [1.29, 1.82) is 0 Å². The first-order valence-corrected chi connectivity index (χ1v) is 7.31. The highest BCUT2D eigenvalue weighted by molar-refractivity contribution is 9.10. The maximum Gasteiger partial charge on any atom is 0.351 e. The molecular weight excluding hydrogens is 324 g/mol. The van der Waals surface area contributed by atoms with Crippen LogP contribution in [0.25, 0.3) is 11.0 Å². The molecule has 1 heterocycles. The van der Waals surface area contributed by atoms with Gasteiger partial charge in [0.15, 0.2) is 0 Å². The molecule has 0 spiro atoms. The van der Waals surface area contributed by atoms with Crippen molar-refractivity contribution in [3.63, 3.8) is 0 Å². The minimum Gasteiger partial charge on any atom is -0.462 e. The van der Waals surface area contributed by atoms with Crippen LogP contribution in [0.4, 0.5) is 0 Å². The van der Waals surface area contributed by atoms with Gasteiger partial charge in [0.1, 0.15) is 11.1 Å². The molecule has 1 aromatic carbocycles. The Morgan fingerprint density at radius 2 is 2.10 bits per heavy atom. The van der Waals surface area contributed by atoms with Crippen LogP contribution in [-0.4, -0.2) is 12.6 Å². The van der Waals surface area contributed by atoms with Crippen LogP contribution < -0.4 is 5.63 Å². The zero-order chi connectivity index (χ0) is 14.5. The first-order chi connectivity index (χ1) is 9.61. The summed E-state index contributed by atoms with van der Waals surface area (Å²) in [5.74, 6) is -0.628. The van der Waals surface area contributed by atoms with Gasteiger partial charge in [0, 0.05) is 9.86 Å². The van der Waals surface area contributed by atoms with Crippen LogP contribution >= 0.6 is 15.9 Å². The second-order valence-corrected chi connectivity index (χ2v) is 5.39. The van der Waals surface area contributed by atoms with E-state index < -0.39 is 11.6 Å².